The smallest absolute Gasteiger partial charge is 0.430 e. The Labute approximate surface area is 240 Å². The Bertz CT molecular complexity index is 1290. The third-order valence-electron chi connectivity index (χ3n) is 7.81. The number of carbonyl (C=O) groups is 2. The number of carbonyl (C=O) groups excluding carboxylic acids is 1. The molecule has 0 bridgehead atoms. The van der Waals surface area contributed by atoms with E-state index >= 15 is 0 Å². The SMILES string of the molecule is O=C(O)c1ccc(S(=O)C2CCC3(CC2)CCN(C(=O)[C@](O)(c2cc(Cl)cc(Cl)c2)C(F)(F)F)CC3)cc1Cl. The molecule has 4 rings (SSSR count). The molecule has 2 aromatic carbocycles. The molecule has 1 unspecified atom stereocenters. The standard InChI is InChI=1S/C26H25Cl3F3NO5S/c27-16-11-15(12-17(28)13-16)25(37,26(30,31)32)23(36)33-9-7-24(8-10-33)5-3-18(4-6-24)39(38)19-1-2-20(22(34)35)21(29)14-19/h1-2,11-14,18,37H,3-10H2,(H,34,35)/t25-,39?/m1/s1. The van der Waals surface area contributed by atoms with E-state index in [1.165, 1.54) is 24.3 Å². The maximum Gasteiger partial charge on any atom is 0.430 e. The average Bonchev–Trinajstić information content (AvgIpc) is 2.87. The molecule has 1 aliphatic heterocycles. The number of hydrogen-bond donors (Lipinski definition) is 2. The van der Waals surface area contributed by atoms with E-state index in [1.807, 2.05) is 0 Å². The highest BCUT2D eigenvalue weighted by Crippen LogP contribution is 2.48. The molecule has 13 heteroatoms. The van der Waals surface area contributed by atoms with Crippen molar-refractivity contribution in [2.45, 2.75) is 60.4 Å². The van der Waals surface area contributed by atoms with Gasteiger partial charge in [-0.3, -0.25) is 9.00 Å². The van der Waals surface area contributed by atoms with E-state index in [0.717, 1.165) is 17.0 Å². The first kappa shape index (κ1) is 30.1. The van der Waals surface area contributed by atoms with Gasteiger partial charge in [0.25, 0.3) is 11.5 Å². The van der Waals surface area contributed by atoms with Crippen LogP contribution in [0.5, 0.6) is 0 Å². The number of likely N-dealkylation sites (tertiary alicyclic amines) is 1. The third kappa shape index (κ3) is 5.95. The Balaban J connectivity index is 1.42. The van der Waals surface area contributed by atoms with Crippen LogP contribution in [0.4, 0.5) is 13.2 Å². The Morgan fingerprint density at radius 2 is 1.51 bits per heavy atom. The van der Waals surface area contributed by atoms with Gasteiger partial charge < -0.3 is 15.1 Å². The fourth-order valence-electron chi connectivity index (χ4n) is 5.49. The molecular formula is C26H25Cl3F3NO5S. The summed E-state index contributed by atoms with van der Waals surface area (Å²) in [4.78, 5) is 25.8. The van der Waals surface area contributed by atoms with E-state index in [9.17, 15) is 32.1 Å². The van der Waals surface area contributed by atoms with Crippen LogP contribution in [0.25, 0.3) is 0 Å². The van der Waals surface area contributed by atoms with E-state index < -0.39 is 40.0 Å². The van der Waals surface area contributed by atoms with Crippen LogP contribution in [0, 0.1) is 5.41 Å². The highest BCUT2D eigenvalue weighted by atomic mass is 35.5. The van der Waals surface area contributed by atoms with Crippen LogP contribution in [-0.4, -0.2) is 55.7 Å². The molecular weight excluding hydrogens is 602 g/mol. The maximum atomic E-state index is 14.1. The van der Waals surface area contributed by atoms with Gasteiger partial charge in [-0.05, 0) is 80.3 Å². The van der Waals surface area contributed by atoms with Crippen molar-refractivity contribution in [3.63, 3.8) is 0 Å². The van der Waals surface area contributed by atoms with Crippen molar-refractivity contribution < 1.29 is 37.2 Å². The Hall–Kier alpha value is -1.85. The quantitative estimate of drug-likeness (QED) is 0.398. The molecule has 0 aromatic heterocycles. The first-order valence-electron chi connectivity index (χ1n) is 12.2. The van der Waals surface area contributed by atoms with Crippen LogP contribution in [0.1, 0.15) is 54.4 Å². The summed E-state index contributed by atoms with van der Waals surface area (Å²) in [5, 5.41) is 19.4. The van der Waals surface area contributed by atoms with E-state index in [4.69, 9.17) is 39.9 Å². The Morgan fingerprint density at radius 3 is 2.00 bits per heavy atom. The lowest BCUT2D eigenvalue weighted by Crippen LogP contribution is -2.58. The van der Waals surface area contributed by atoms with Crippen LogP contribution in [0.2, 0.25) is 15.1 Å². The summed E-state index contributed by atoms with van der Waals surface area (Å²) in [5.41, 5.74) is -4.81. The molecule has 1 heterocycles. The number of carboxylic acids is 1. The molecule has 2 atom stereocenters. The Morgan fingerprint density at radius 1 is 0.949 bits per heavy atom. The molecule has 1 saturated heterocycles. The van der Waals surface area contributed by atoms with Crippen molar-refractivity contribution in [1.29, 1.82) is 0 Å². The minimum absolute atomic E-state index is 0.0107. The number of carboxylic acid groups (broad SMARTS) is 1. The van der Waals surface area contributed by atoms with E-state index in [0.29, 0.717) is 43.4 Å². The highest BCUT2D eigenvalue weighted by Gasteiger charge is 2.62. The van der Waals surface area contributed by atoms with E-state index in [2.05, 4.69) is 0 Å². The molecule has 0 radical (unpaired) electrons. The molecule has 2 fully saturated rings. The number of aliphatic hydroxyl groups is 1. The maximum absolute atomic E-state index is 14.1. The number of rotatable bonds is 5. The van der Waals surface area contributed by atoms with Crippen molar-refractivity contribution in [2.24, 2.45) is 5.41 Å². The second-order valence-electron chi connectivity index (χ2n) is 10.1. The minimum Gasteiger partial charge on any atom is -0.478 e. The van der Waals surface area contributed by atoms with Gasteiger partial charge in [-0.2, -0.15) is 13.2 Å². The number of piperidine rings is 1. The van der Waals surface area contributed by atoms with E-state index in [-0.39, 0.29) is 44.4 Å². The first-order chi connectivity index (χ1) is 18.2. The molecule has 2 aromatic rings. The van der Waals surface area contributed by atoms with Crippen molar-refractivity contribution in [2.75, 3.05) is 13.1 Å². The molecule has 212 valence electrons. The summed E-state index contributed by atoms with van der Waals surface area (Å²) in [5.74, 6) is -2.65. The fourth-order valence-corrected chi connectivity index (χ4v) is 7.83. The summed E-state index contributed by atoms with van der Waals surface area (Å²) in [6.07, 6.45) is -1.85. The topological polar surface area (TPSA) is 94.9 Å². The largest absolute Gasteiger partial charge is 0.478 e. The number of alkyl halides is 3. The first-order valence-corrected chi connectivity index (χ1v) is 14.5. The minimum atomic E-state index is -5.30. The zero-order valence-corrected chi connectivity index (χ0v) is 23.5. The lowest BCUT2D eigenvalue weighted by molar-refractivity contribution is -0.262. The molecule has 2 aliphatic rings. The van der Waals surface area contributed by atoms with Crippen molar-refractivity contribution in [3.05, 3.63) is 62.6 Å². The molecule has 1 amide bonds. The van der Waals surface area contributed by atoms with Gasteiger partial charge in [0.05, 0.1) is 21.4 Å². The number of nitrogens with zero attached hydrogens (tertiary/aromatic N) is 1. The zero-order valence-electron chi connectivity index (χ0n) is 20.4. The van der Waals surface area contributed by atoms with E-state index in [1.54, 1.807) is 0 Å². The Kier molecular flexibility index (Phi) is 8.65. The monoisotopic (exact) mass is 625 g/mol. The molecule has 1 spiro atoms. The highest BCUT2D eigenvalue weighted by molar-refractivity contribution is 7.85. The van der Waals surface area contributed by atoms with Crippen molar-refractivity contribution in [1.82, 2.24) is 4.90 Å². The molecule has 1 saturated carbocycles. The number of halogens is 6. The average molecular weight is 627 g/mol. The van der Waals surface area contributed by atoms with Crippen LogP contribution < -0.4 is 0 Å². The molecule has 1 aliphatic carbocycles. The number of hydrogen-bond acceptors (Lipinski definition) is 4. The van der Waals surface area contributed by atoms with Gasteiger partial charge in [-0.25, -0.2) is 4.79 Å². The molecule has 6 nitrogen and oxygen atoms in total. The molecule has 2 N–H and O–H groups in total. The summed E-state index contributed by atoms with van der Waals surface area (Å²) < 4.78 is 55.4. The zero-order chi connectivity index (χ0) is 28.8. The van der Waals surface area contributed by atoms with Crippen molar-refractivity contribution in [3.8, 4) is 0 Å². The van der Waals surface area contributed by atoms with Gasteiger partial charge in [-0.1, -0.05) is 34.8 Å². The lowest BCUT2D eigenvalue weighted by atomic mass is 9.68. The van der Waals surface area contributed by atoms with Gasteiger partial charge in [0.2, 0.25) is 0 Å². The molecule has 39 heavy (non-hydrogen) atoms. The number of benzene rings is 2. The predicted molar refractivity (Wildman–Crippen MR) is 142 cm³/mol. The van der Waals surface area contributed by atoms with Gasteiger partial charge in [0.15, 0.2) is 0 Å². The second kappa shape index (κ2) is 11.2. The van der Waals surface area contributed by atoms with Gasteiger partial charge in [0.1, 0.15) is 0 Å². The fraction of sp³-hybridized carbons (Fsp3) is 0.462. The summed E-state index contributed by atoms with van der Waals surface area (Å²) in [6.45, 7) is 0.0665. The number of amides is 1. The van der Waals surface area contributed by atoms with Crippen LogP contribution >= 0.6 is 34.8 Å². The predicted octanol–water partition coefficient (Wildman–Crippen LogP) is 6.45. The normalized spacial score (nSPS) is 20.4. The number of aromatic carboxylic acids is 1. The van der Waals surface area contributed by atoms with Crippen molar-refractivity contribution >= 4 is 57.5 Å². The van der Waals surface area contributed by atoms with Crippen LogP contribution in [0.3, 0.4) is 0 Å². The lowest BCUT2D eigenvalue weighted by Gasteiger charge is -2.47. The second-order valence-corrected chi connectivity index (χ2v) is 13.1. The summed E-state index contributed by atoms with van der Waals surface area (Å²) >= 11 is 17.7. The van der Waals surface area contributed by atoms with Gasteiger partial charge in [-0.15, -0.1) is 0 Å². The van der Waals surface area contributed by atoms with Crippen LogP contribution in [-0.2, 0) is 21.2 Å². The third-order valence-corrected chi connectivity index (χ3v) is 10.4. The van der Waals surface area contributed by atoms with Gasteiger partial charge >= 0.3 is 12.1 Å². The van der Waals surface area contributed by atoms with Gasteiger partial charge in [0, 0.05) is 38.8 Å². The van der Waals surface area contributed by atoms with Crippen LogP contribution in [0.15, 0.2) is 41.3 Å². The summed E-state index contributed by atoms with van der Waals surface area (Å²) in [6, 6.07) is 7.21. The summed E-state index contributed by atoms with van der Waals surface area (Å²) in [7, 11) is -1.41.